The summed E-state index contributed by atoms with van der Waals surface area (Å²) in [4.78, 5) is 17.4. The molecule has 0 aliphatic heterocycles. The lowest BCUT2D eigenvalue weighted by atomic mass is 10.1. The fourth-order valence-corrected chi connectivity index (χ4v) is 4.95. The molecule has 29 heavy (non-hydrogen) atoms. The van der Waals surface area contributed by atoms with Crippen molar-refractivity contribution in [3.8, 4) is 16.3 Å². The number of para-hydroxylation sites is 1. The molecule has 1 atom stereocenters. The van der Waals surface area contributed by atoms with Crippen LogP contribution in [0.2, 0.25) is 0 Å². The maximum absolute atomic E-state index is 12.6. The maximum atomic E-state index is 12.6. The lowest BCUT2D eigenvalue weighted by molar-refractivity contribution is -0.115. The number of rotatable bonds is 7. The van der Waals surface area contributed by atoms with Gasteiger partial charge in [-0.05, 0) is 50.1 Å². The average molecular weight is 491 g/mol. The van der Waals surface area contributed by atoms with Crippen molar-refractivity contribution in [2.75, 3.05) is 12.4 Å². The molecule has 4 nitrogen and oxygen atoms in total. The third kappa shape index (κ3) is 5.41. The van der Waals surface area contributed by atoms with Crippen molar-refractivity contribution in [2.45, 2.75) is 31.8 Å². The Labute approximate surface area is 188 Å². The summed E-state index contributed by atoms with van der Waals surface area (Å²) in [5.41, 5.74) is 4.97. The molecule has 0 radical (unpaired) electrons. The molecule has 0 saturated heterocycles. The quantitative estimate of drug-likeness (QED) is 0.412. The Hall–Kier alpha value is -1.83. The molecule has 152 valence electrons. The van der Waals surface area contributed by atoms with Gasteiger partial charge < -0.3 is 10.1 Å². The number of carbonyl (C=O) groups is 1. The summed E-state index contributed by atoms with van der Waals surface area (Å²) in [6, 6.07) is 11.9. The molecule has 1 heterocycles. The van der Waals surface area contributed by atoms with E-state index in [1.165, 1.54) is 0 Å². The van der Waals surface area contributed by atoms with Crippen LogP contribution in [-0.4, -0.2) is 23.3 Å². The number of amides is 1. The van der Waals surface area contributed by atoms with E-state index >= 15 is 0 Å². The highest BCUT2D eigenvalue weighted by Crippen LogP contribution is 2.35. The Balaban J connectivity index is 1.64. The van der Waals surface area contributed by atoms with Crippen LogP contribution in [0.5, 0.6) is 5.75 Å². The molecule has 2 aromatic carbocycles. The molecule has 1 aromatic heterocycles. The van der Waals surface area contributed by atoms with E-state index in [0.717, 1.165) is 43.3 Å². The number of ether oxygens (including phenoxy) is 1. The van der Waals surface area contributed by atoms with E-state index in [2.05, 4.69) is 21.2 Å². The number of methoxy groups -OCH3 is 1. The Morgan fingerprint density at radius 1 is 1.28 bits per heavy atom. The fraction of sp³-hybridized carbons (Fsp3) is 0.273. The third-order valence-corrected chi connectivity index (χ3v) is 7.12. The van der Waals surface area contributed by atoms with Gasteiger partial charge in [0.2, 0.25) is 5.91 Å². The maximum Gasteiger partial charge on any atom is 0.237 e. The Morgan fingerprint density at radius 3 is 2.69 bits per heavy atom. The molecule has 7 heteroatoms. The highest BCUT2D eigenvalue weighted by Gasteiger charge is 2.17. The summed E-state index contributed by atoms with van der Waals surface area (Å²) in [6.07, 6.45) is 0. The molecule has 0 aliphatic rings. The Kier molecular flexibility index (Phi) is 7.38. The first-order chi connectivity index (χ1) is 13.9. The van der Waals surface area contributed by atoms with Gasteiger partial charge in [0.15, 0.2) is 0 Å². The smallest absolute Gasteiger partial charge is 0.237 e. The van der Waals surface area contributed by atoms with Crippen LogP contribution >= 0.6 is 39.0 Å². The van der Waals surface area contributed by atoms with Crippen LogP contribution in [0, 0.1) is 13.8 Å². The topological polar surface area (TPSA) is 51.2 Å². The highest BCUT2D eigenvalue weighted by molar-refractivity contribution is 9.10. The summed E-state index contributed by atoms with van der Waals surface area (Å²) in [5, 5.41) is 5.84. The van der Waals surface area contributed by atoms with Crippen molar-refractivity contribution >= 4 is 50.6 Å². The minimum atomic E-state index is -0.181. The van der Waals surface area contributed by atoms with Gasteiger partial charge in [-0.2, -0.15) is 0 Å². The van der Waals surface area contributed by atoms with Gasteiger partial charge in [-0.15, -0.1) is 23.1 Å². The zero-order valence-corrected chi connectivity index (χ0v) is 20.0. The van der Waals surface area contributed by atoms with Crippen molar-refractivity contribution in [2.24, 2.45) is 0 Å². The van der Waals surface area contributed by atoms with E-state index in [-0.39, 0.29) is 11.2 Å². The summed E-state index contributed by atoms with van der Waals surface area (Å²) in [5.74, 6) is 1.48. The van der Waals surface area contributed by atoms with Gasteiger partial charge in [-0.3, -0.25) is 4.79 Å². The van der Waals surface area contributed by atoms with Crippen molar-refractivity contribution in [3.05, 3.63) is 63.1 Å². The van der Waals surface area contributed by atoms with Crippen LogP contribution in [0.15, 0.2) is 46.3 Å². The predicted octanol–water partition coefficient (Wildman–Crippen LogP) is 6.46. The highest BCUT2D eigenvalue weighted by atomic mass is 79.9. The van der Waals surface area contributed by atoms with E-state index in [4.69, 9.17) is 9.72 Å². The number of nitrogens with one attached hydrogen (secondary N) is 1. The van der Waals surface area contributed by atoms with E-state index in [1.54, 1.807) is 30.2 Å². The van der Waals surface area contributed by atoms with Crippen molar-refractivity contribution in [1.82, 2.24) is 4.98 Å². The Morgan fingerprint density at radius 2 is 2.00 bits per heavy atom. The van der Waals surface area contributed by atoms with Crippen LogP contribution in [0.25, 0.3) is 10.6 Å². The number of benzene rings is 2. The number of nitrogens with zero attached hydrogens (tertiary/aromatic N) is 1. The molecule has 0 spiro atoms. The van der Waals surface area contributed by atoms with Gasteiger partial charge in [0.05, 0.1) is 23.6 Å². The number of hydrogen-bond acceptors (Lipinski definition) is 5. The van der Waals surface area contributed by atoms with Crippen molar-refractivity contribution < 1.29 is 9.53 Å². The normalized spacial score (nSPS) is 11.9. The molecular formula is C22H23BrN2O2S2. The van der Waals surface area contributed by atoms with Crippen molar-refractivity contribution in [1.29, 1.82) is 0 Å². The second kappa shape index (κ2) is 9.78. The van der Waals surface area contributed by atoms with Crippen LogP contribution in [-0.2, 0) is 10.5 Å². The molecule has 3 rings (SSSR count). The zero-order valence-electron chi connectivity index (χ0n) is 16.8. The van der Waals surface area contributed by atoms with E-state index in [1.807, 2.05) is 62.5 Å². The van der Waals surface area contributed by atoms with Gasteiger partial charge >= 0.3 is 0 Å². The molecule has 0 bridgehead atoms. The Bertz CT molecular complexity index is 1000. The standard InChI is InChI=1S/C22H23BrN2O2S2/c1-13-6-5-7-14(2)20(13)25-21(26)15(3)28-11-17-12-29-22(24-17)18-10-16(23)8-9-19(18)27-4/h5-10,12,15H,11H2,1-4H3,(H,25,26). The number of hydrogen-bond donors (Lipinski definition) is 1. The largest absolute Gasteiger partial charge is 0.496 e. The van der Waals surface area contributed by atoms with Crippen LogP contribution in [0.4, 0.5) is 5.69 Å². The molecule has 0 aliphatic carbocycles. The molecule has 1 N–H and O–H groups in total. The first-order valence-electron chi connectivity index (χ1n) is 9.16. The number of thiazole rings is 1. The van der Waals surface area contributed by atoms with Crippen molar-refractivity contribution in [3.63, 3.8) is 0 Å². The summed E-state index contributed by atoms with van der Waals surface area (Å²) in [7, 11) is 1.66. The van der Waals surface area contributed by atoms with E-state index < -0.39 is 0 Å². The predicted molar refractivity (Wildman–Crippen MR) is 127 cm³/mol. The van der Waals surface area contributed by atoms with E-state index in [0.29, 0.717) is 5.75 Å². The van der Waals surface area contributed by atoms with Gasteiger partial charge in [-0.1, -0.05) is 34.1 Å². The minimum absolute atomic E-state index is 0.0107. The number of thioether (sulfide) groups is 1. The second-order valence-electron chi connectivity index (χ2n) is 6.70. The SMILES string of the molecule is COc1ccc(Br)cc1-c1nc(CSC(C)C(=O)Nc2c(C)cccc2C)cs1. The second-order valence-corrected chi connectivity index (χ2v) is 9.80. The third-order valence-electron chi connectivity index (χ3n) is 4.52. The minimum Gasteiger partial charge on any atom is -0.496 e. The monoisotopic (exact) mass is 490 g/mol. The van der Waals surface area contributed by atoms with Crippen LogP contribution in [0.3, 0.4) is 0 Å². The van der Waals surface area contributed by atoms with Gasteiger partial charge in [0, 0.05) is 21.3 Å². The summed E-state index contributed by atoms with van der Waals surface area (Å²) in [6.45, 7) is 5.94. The lowest BCUT2D eigenvalue weighted by Crippen LogP contribution is -2.23. The summed E-state index contributed by atoms with van der Waals surface area (Å²) < 4.78 is 6.44. The van der Waals surface area contributed by atoms with Crippen LogP contribution in [0.1, 0.15) is 23.7 Å². The van der Waals surface area contributed by atoms with Gasteiger partial charge in [-0.25, -0.2) is 4.98 Å². The van der Waals surface area contributed by atoms with E-state index in [9.17, 15) is 4.79 Å². The number of aromatic nitrogens is 1. The first kappa shape index (κ1) is 21.9. The number of aryl methyl sites for hydroxylation is 2. The molecule has 0 saturated carbocycles. The lowest BCUT2D eigenvalue weighted by Gasteiger charge is -2.15. The molecule has 1 unspecified atom stereocenters. The average Bonchev–Trinajstić information content (AvgIpc) is 3.17. The first-order valence-corrected chi connectivity index (χ1v) is 11.9. The zero-order chi connectivity index (χ0) is 21.0. The van der Waals surface area contributed by atoms with Gasteiger partial charge in [0.25, 0.3) is 0 Å². The molecule has 3 aromatic rings. The number of anilines is 1. The molecule has 0 fully saturated rings. The summed E-state index contributed by atoms with van der Waals surface area (Å²) >= 11 is 6.67. The van der Waals surface area contributed by atoms with Gasteiger partial charge in [0.1, 0.15) is 10.8 Å². The number of carbonyl (C=O) groups excluding carboxylic acids is 1. The molecular weight excluding hydrogens is 468 g/mol. The fourth-order valence-electron chi connectivity index (χ4n) is 2.87. The van der Waals surface area contributed by atoms with Crippen LogP contribution < -0.4 is 10.1 Å². The molecule has 1 amide bonds. The number of halogens is 1.